The van der Waals surface area contributed by atoms with Gasteiger partial charge in [0.05, 0.1) is 68.8 Å². The smallest absolute Gasteiger partial charge is 0.316 e. The average Bonchev–Trinajstić information content (AvgIpc) is 1.49. The minimum absolute atomic E-state index is 0.0280. The van der Waals surface area contributed by atoms with Crippen LogP contribution in [-0.4, -0.2) is 335 Å². The fraction of sp³-hybridized carbons (Fsp3) is 0.955. The average molecular weight is 1430 g/mol. The van der Waals surface area contributed by atoms with Gasteiger partial charge in [-0.25, -0.2) is 0 Å². The van der Waals surface area contributed by atoms with Gasteiger partial charge in [0, 0.05) is 26.6 Å². The lowest BCUT2D eigenvalue weighted by Gasteiger charge is -2.65. The Balaban J connectivity index is 0.846. The first-order chi connectivity index (χ1) is 46.5. The summed E-state index contributed by atoms with van der Waals surface area (Å²) in [5.74, 6) is -3.31. The Hall–Kier alpha value is -2.15. The molecule has 12 rings (SSSR count). The Kier molecular flexibility index (Phi) is 21.5. The maximum absolute atomic E-state index is 14.9. The Morgan fingerprint density at radius 3 is 1.61 bits per heavy atom. The Labute approximate surface area is 573 Å². The van der Waals surface area contributed by atoms with Crippen molar-refractivity contribution in [1.82, 2.24) is 0 Å². The van der Waals surface area contributed by atoms with E-state index in [4.69, 9.17) is 66.3 Å². The van der Waals surface area contributed by atoms with Crippen molar-refractivity contribution in [3.63, 3.8) is 0 Å². The largest absolute Gasteiger partial charge is 0.512 e. The fourth-order valence-electron chi connectivity index (χ4n) is 20.9. The van der Waals surface area contributed by atoms with Crippen LogP contribution < -0.4 is 0 Å². The fourth-order valence-corrected chi connectivity index (χ4v) is 20.9. The number of cyclic esters (lactones) is 1. The van der Waals surface area contributed by atoms with Gasteiger partial charge in [-0.3, -0.25) is 4.79 Å². The van der Waals surface area contributed by atoms with Gasteiger partial charge in [0.25, 0.3) is 0 Å². The molecule has 568 valence electrons. The number of aliphatic hydroxyl groups is 17. The second kappa shape index (κ2) is 27.9. The van der Waals surface area contributed by atoms with E-state index in [0.29, 0.717) is 44.9 Å². The van der Waals surface area contributed by atoms with E-state index < -0.39 is 267 Å². The van der Waals surface area contributed by atoms with Gasteiger partial charge in [-0.05, 0) is 119 Å². The highest BCUT2D eigenvalue weighted by Gasteiger charge is 2.86. The summed E-state index contributed by atoms with van der Waals surface area (Å²) in [7, 11) is 2.36. The number of hydrogen-bond donors (Lipinski definition) is 17. The number of ether oxygens (including phenoxy) is 14. The molecule has 8 heterocycles. The summed E-state index contributed by atoms with van der Waals surface area (Å²) in [5.41, 5.74) is -6.67. The van der Waals surface area contributed by atoms with Crippen LogP contribution in [0.4, 0.5) is 0 Å². The molecule has 0 bridgehead atoms. The molecule has 32 heteroatoms. The normalized spacial score (nSPS) is 55.1. The van der Waals surface area contributed by atoms with E-state index in [-0.39, 0.29) is 30.4 Å². The second-order valence-corrected chi connectivity index (χ2v) is 32.0. The second-order valence-electron chi connectivity index (χ2n) is 32.0. The number of methoxy groups -OCH3 is 2. The van der Waals surface area contributed by atoms with Crippen LogP contribution in [-0.2, 0) is 71.1 Å². The molecule has 38 atom stereocenters. The molecule has 1 spiro atoms. The number of carbonyl (C=O) groups excluding carboxylic acids is 1. The molecular weight excluding hydrogens is 1320 g/mol. The van der Waals surface area contributed by atoms with E-state index in [1.807, 2.05) is 13.8 Å². The predicted octanol–water partition coefficient (Wildman–Crippen LogP) is -4.33. The standard InChI is InChI=1S/C67H108O32/c1-25-38(73)53(95-56-44(79)36(39(74)29(20-68)91-56)50-45(80)51(86-9)40(75)30(21-69)90-50)47(82)57(89-25)97-55-43(78)33(94-58-48(83)54(42(77)32(23-71)92-58)96-59-46(81)52(87-10)41(76)31(22-70)93-59)24-88-49(55)27-13-16-63(6)34(62(27,4)5)12-11-26-37(63)28(72)19-66-60(84)99-65(8,35-14-15-61(2,3)98-35)67(66,85)18-17-64(26,66)7/h25-27,29-36,38-59,68-83,85H,11-24H2,1-10H3/t25-,26-,27-,29-,30-,31-,32-,33-,34+,35?,36?,38-,39-,40-,41-,42-,43+,44-,45+,46-,47-,48-,49+,50?,51?,52+,53+,54+,55-,56+,57+,58+,59?,63+,64+,65+,66-,67+/m1/s1. The minimum atomic E-state index is -2.07. The van der Waals surface area contributed by atoms with Crippen molar-refractivity contribution < 1.29 is 158 Å². The molecule has 12 aliphatic rings. The molecule has 11 fully saturated rings. The SMILES string of the molecule is COC1[C@@H](O)C(C2[C@@H](O)[C@H](O[C@@H]3[C@@H](O)[C@H](O[C@@H]4[C@@H](O)[C@H](O[C@@H]5O[C@H](CO)[C@@H](O)[C@H](OC6O[C@H](CO)[C@@H](O)[C@H](OC)[C@H]6O)[C@H]5O)CO[C@H]4[C@H]4CC[C@]5(C)C6=C(O)C[C@]78C(=O)O[C@@](C)(C9CCC(C)(C)O9)[C@@]7(O)CC[C@@]8(C)[C@@H]6CC[C@H]5C4(C)C)O[C@H](C)[C@H]3O)O[C@H](CO)[C@H]2O)O[C@H](CO)[C@H]1O. The van der Waals surface area contributed by atoms with Crippen molar-refractivity contribution in [3.05, 3.63) is 11.3 Å². The molecule has 17 N–H and O–H groups in total. The van der Waals surface area contributed by atoms with Gasteiger partial charge >= 0.3 is 5.97 Å². The Morgan fingerprint density at radius 2 is 1.03 bits per heavy atom. The van der Waals surface area contributed by atoms with Crippen LogP contribution in [0.3, 0.4) is 0 Å². The monoisotopic (exact) mass is 1420 g/mol. The number of esters is 1. The maximum Gasteiger partial charge on any atom is 0.316 e. The first-order valence-electron chi connectivity index (χ1n) is 35.1. The molecule has 8 aliphatic heterocycles. The van der Waals surface area contributed by atoms with Gasteiger partial charge in [-0.2, -0.15) is 0 Å². The van der Waals surface area contributed by atoms with Gasteiger partial charge in [0.1, 0.15) is 139 Å². The van der Waals surface area contributed by atoms with Gasteiger partial charge < -0.3 is 153 Å². The van der Waals surface area contributed by atoms with Crippen LogP contribution in [0, 0.1) is 45.3 Å². The highest BCUT2D eigenvalue weighted by atomic mass is 16.8. The number of fused-ring (bicyclic) bond motifs is 4. The highest BCUT2D eigenvalue weighted by Crippen LogP contribution is 2.79. The summed E-state index contributed by atoms with van der Waals surface area (Å²) < 4.78 is 85.4. The molecule has 32 nitrogen and oxygen atoms in total. The van der Waals surface area contributed by atoms with Gasteiger partial charge in [0.2, 0.25) is 0 Å². The van der Waals surface area contributed by atoms with Gasteiger partial charge in [-0.1, -0.05) is 27.7 Å². The lowest BCUT2D eigenvalue weighted by molar-refractivity contribution is -0.384. The van der Waals surface area contributed by atoms with E-state index in [2.05, 4.69) is 27.7 Å². The van der Waals surface area contributed by atoms with E-state index >= 15 is 0 Å². The topological polar surface area (TPSA) is 490 Å². The third-order valence-electron chi connectivity index (χ3n) is 26.3. The molecule has 3 saturated carbocycles. The summed E-state index contributed by atoms with van der Waals surface area (Å²) in [6, 6.07) is 0. The van der Waals surface area contributed by atoms with Crippen LogP contribution in [0.2, 0.25) is 0 Å². The van der Waals surface area contributed by atoms with Crippen LogP contribution in [0.5, 0.6) is 0 Å². The number of rotatable bonds is 17. The van der Waals surface area contributed by atoms with Crippen LogP contribution >= 0.6 is 0 Å². The van der Waals surface area contributed by atoms with Gasteiger partial charge in [-0.15, -0.1) is 0 Å². The summed E-state index contributed by atoms with van der Waals surface area (Å²) >= 11 is 0. The zero-order chi connectivity index (χ0) is 72.1. The third kappa shape index (κ3) is 11.9. The molecule has 0 radical (unpaired) electrons. The molecule has 0 amide bonds. The van der Waals surface area contributed by atoms with E-state index in [9.17, 15) is 91.6 Å². The van der Waals surface area contributed by atoms with Crippen molar-refractivity contribution >= 4 is 5.97 Å². The molecule has 0 aromatic carbocycles. The lowest BCUT2D eigenvalue weighted by atomic mass is 9.39. The zero-order valence-corrected chi connectivity index (χ0v) is 57.7. The summed E-state index contributed by atoms with van der Waals surface area (Å²) in [5, 5.41) is 196. The van der Waals surface area contributed by atoms with Crippen molar-refractivity contribution in [2.75, 3.05) is 47.3 Å². The summed E-state index contributed by atoms with van der Waals surface area (Å²) in [4.78, 5) is 14.9. The van der Waals surface area contributed by atoms with Gasteiger partial charge in [0.15, 0.2) is 30.8 Å². The lowest BCUT2D eigenvalue weighted by Crippen LogP contribution is -2.69. The zero-order valence-electron chi connectivity index (χ0n) is 57.7. The van der Waals surface area contributed by atoms with E-state index in [0.717, 1.165) is 5.57 Å². The summed E-state index contributed by atoms with van der Waals surface area (Å²) in [6.45, 7) is 11.6. The number of hydrogen-bond acceptors (Lipinski definition) is 32. The molecule has 5 unspecified atom stereocenters. The molecular formula is C67H108O32. The predicted molar refractivity (Wildman–Crippen MR) is 330 cm³/mol. The third-order valence-corrected chi connectivity index (χ3v) is 26.3. The first kappa shape index (κ1) is 76.5. The van der Waals surface area contributed by atoms with Crippen molar-refractivity contribution in [2.45, 2.75) is 308 Å². The van der Waals surface area contributed by atoms with Crippen molar-refractivity contribution in [2.24, 2.45) is 45.3 Å². The molecule has 4 aliphatic carbocycles. The molecule has 0 aromatic heterocycles. The van der Waals surface area contributed by atoms with Crippen molar-refractivity contribution in [1.29, 1.82) is 0 Å². The van der Waals surface area contributed by atoms with Crippen LogP contribution in [0.15, 0.2) is 11.3 Å². The van der Waals surface area contributed by atoms with Crippen LogP contribution in [0.25, 0.3) is 0 Å². The van der Waals surface area contributed by atoms with Crippen molar-refractivity contribution in [3.8, 4) is 0 Å². The molecule has 8 saturated heterocycles. The summed E-state index contributed by atoms with van der Waals surface area (Å²) in [6.07, 6.45) is -43.8. The van der Waals surface area contributed by atoms with Crippen LogP contribution in [0.1, 0.15) is 113 Å². The highest BCUT2D eigenvalue weighted by molar-refractivity contribution is 5.85. The Morgan fingerprint density at radius 1 is 0.515 bits per heavy atom. The molecule has 99 heavy (non-hydrogen) atoms. The Bertz CT molecular complexity index is 2870. The number of aliphatic hydroxyl groups excluding tert-OH is 16. The number of allylic oxidation sites excluding steroid dienone is 2. The first-order valence-corrected chi connectivity index (χ1v) is 35.1. The number of carbonyl (C=O) groups is 1. The van der Waals surface area contributed by atoms with E-state index in [1.54, 1.807) is 6.92 Å². The quantitative estimate of drug-likeness (QED) is 0.0612. The maximum atomic E-state index is 14.9. The molecule has 0 aromatic rings. The minimum Gasteiger partial charge on any atom is -0.512 e. The van der Waals surface area contributed by atoms with E-state index in [1.165, 1.54) is 21.1 Å².